The van der Waals surface area contributed by atoms with Crippen LogP contribution in [0.1, 0.15) is 29.0 Å². The van der Waals surface area contributed by atoms with Crippen molar-refractivity contribution < 1.29 is 5.11 Å². The van der Waals surface area contributed by atoms with Crippen molar-refractivity contribution in [2.75, 3.05) is 11.4 Å². The number of halogens is 1. The van der Waals surface area contributed by atoms with Crippen molar-refractivity contribution in [3.05, 3.63) is 50.7 Å². The van der Waals surface area contributed by atoms with E-state index in [1.165, 1.54) is 10.4 Å². The lowest BCUT2D eigenvalue weighted by Crippen LogP contribution is -2.34. The Morgan fingerprint density at radius 1 is 1.42 bits per heavy atom. The molecule has 2 nitrogen and oxygen atoms in total. The van der Waals surface area contributed by atoms with Crippen LogP contribution in [0.15, 0.2) is 29.6 Å². The number of thiophene rings is 1. The maximum Gasteiger partial charge on any atom is 0.0702 e. The third-order valence-electron chi connectivity index (χ3n) is 3.81. The summed E-state index contributed by atoms with van der Waals surface area (Å²) in [7, 11) is 0. The molecule has 0 amide bonds. The van der Waals surface area contributed by atoms with Crippen LogP contribution in [0.3, 0.4) is 0 Å². The first-order chi connectivity index (χ1) is 9.22. The zero-order valence-corrected chi connectivity index (χ0v) is 12.3. The second-order valence-corrected chi connectivity index (χ2v) is 6.23. The van der Waals surface area contributed by atoms with Crippen LogP contribution in [0.5, 0.6) is 0 Å². The van der Waals surface area contributed by atoms with E-state index < -0.39 is 0 Å². The van der Waals surface area contributed by atoms with Gasteiger partial charge in [0.05, 0.1) is 23.4 Å². The first-order valence-corrected chi connectivity index (χ1v) is 7.69. The topological polar surface area (TPSA) is 23.5 Å². The molecule has 0 aliphatic carbocycles. The second kappa shape index (κ2) is 5.16. The largest absolute Gasteiger partial charge is 0.392 e. The normalized spacial score (nSPS) is 18.5. The molecule has 1 aliphatic heterocycles. The van der Waals surface area contributed by atoms with Crippen molar-refractivity contribution in [1.82, 2.24) is 0 Å². The molecule has 100 valence electrons. The van der Waals surface area contributed by atoms with Gasteiger partial charge in [0.2, 0.25) is 0 Å². The Morgan fingerprint density at radius 3 is 3.05 bits per heavy atom. The van der Waals surface area contributed by atoms with Crippen molar-refractivity contribution in [3.63, 3.8) is 0 Å². The van der Waals surface area contributed by atoms with E-state index >= 15 is 0 Å². The van der Waals surface area contributed by atoms with E-state index in [4.69, 9.17) is 11.6 Å². The molecule has 0 bridgehead atoms. The first-order valence-electron chi connectivity index (χ1n) is 6.43. The number of fused-ring (bicyclic) bond motifs is 1. The number of para-hydroxylation sites is 1. The molecule has 0 saturated heterocycles. The SMILES string of the molecule is CC1c2ccsc2CCN1c1c(Cl)cccc1CO. The maximum absolute atomic E-state index is 9.53. The minimum Gasteiger partial charge on any atom is -0.392 e. The number of benzene rings is 1. The summed E-state index contributed by atoms with van der Waals surface area (Å²) in [6.07, 6.45) is 1.05. The standard InChI is InChI=1S/C15H16ClNOS/c1-10-12-6-8-19-14(12)5-7-17(10)15-11(9-18)3-2-4-13(15)16/h2-4,6,8,10,18H,5,7,9H2,1H3. The highest BCUT2D eigenvalue weighted by atomic mass is 35.5. The van der Waals surface area contributed by atoms with Gasteiger partial charge in [-0.3, -0.25) is 0 Å². The first kappa shape index (κ1) is 13.0. The fraction of sp³-hybridized carbons (Fsp3) is 0.333. The fourth-order valence-electron chi connectivity index (χ4n) is 2.82. The van der Waals surface area contributed by atoms with E-state index in [1.807, 2.05) is 29.5 Å². The summed E-state index contributed by atoms with van der Waals surface area (Å²) in [5, 5.41) is 12.4. The Bertz CT molecular complexity index is 596. The highest BCUT2D eigenvalue weighted by Crippen LogP contribution is 2.40. The van der Waals surface area contributed by atoms with Crippen molar-refractivity contribution in [2.24, 2.45) is 0 Å². The van der Waals surface area contributed by atoms with Gasteiger partial charge in [0.25, 0.3) is 0 Å². The van der Waals surface area contributed by atoms with Gasteiger partial charge < -0.3 is 10.0 Å². The van der Waals surface area contributed by atoms with Crippen LogP contribution in [-0.2, 0) is 13.0 Å². The van der Waals surface area contributed by atoms with Gasteiger partial charge in [-0.15, -0.1) is 11.3 Å². The lowest BCUT2D eigenvalue weighted by atomic mass is 9.99. The summed E-state index contributed by atoms with van der Waals surface area (Å²) < 4.78 is 0. The summed E-state index contributed by atoms with van der Waals surface area (Å²) in [6.45, 7) is 3.18. The zero-order valence-electron chi connectivity index (χ0n) is 10.8. The van der Waals surface area contributed by atoms with Crippen LogP contribution in [0.4, 0.5) is 5.69 Å². The van der Waals surface area contributed by atoms with Gasteiger partial charge >= 0.3 is 0 Å². The molecule has 2 heterocycles. The Balaban J connectivity index is 2.05. The predicted molar refractivity (Wildman–Crippen MR) is 81.2 cm³/mol. The number of anilines is 1. The number of aliphatic hydroxyl groups excluding tert-OH is 1. The van der Waals surface area contributed by atoms with Crippen LogP contribution in [0, 0.1) is 0 Å². The van der Waals surface area contributed by atoms with Gasteiger partial charge in [0.1, 0.15) is 0 Å². The number of hydrogen-bond donors (Lipinski definition) is 1. The quantitative estimate of drug-likeness (QED) is 0.904. The number of hydrogen-bond acceptors (Lipinski definition) is 3. The molecule has 0 saturated carbocycles. The third kappa shape index (κ3) is 2.16. The molecule has 3 rings (SSSR count). The summed E-state index contributed by atoms with van der Waals surface area (Å²) in [6, 6.07) is 8.23. The highest BCUT2D eigenvalue weighted by Gasteiger charge is 2.27. The van der Waals surface area contributed by atoms with E-state index in [-0.39, 0.29) is 6.61 Å². The van der Waals surface area contributed by atoms with Crippen LogP contribution in [0.25, 0.3) is 0 Å². The van der Waals surface area contributed by atoms with Gasteiger partial charge in [0.15, 0.2) is 0 Å². The van der Waals surface area contributed by atoms with Crippen molar-refractivity contribution in [2.45, 2.75) is 26.0 Å². The summed E-state index contributed by atoms with van der Waals surface area (Å²) >= 11 is 8.19. The van der Waals surface area contributed by atoms with E-state index in [1.54, 1.807) is 0 Å². The minimum atomic E-state index is 0.0234. The molecule has 0 spiro atoms. The molecule has 0 radical (unpaired) electrons. The second-order valence-electron chi connectivity index (χ2n) is 4.82. The van der Waals surface area contributed by atoms with Crippen molar-refractivity contribution in [1.29, 1.82) is 0 Å². The Hall–Kier alpha value is -1.03. The van der Waals surface area contributed by atoms with Crippen LogP contribution >= 0.6 is 22.9 Å². The van der Waals surface area contributed by atoms with Crippen LogP contribution in [0.2, 0.25) is 5.02 Å². The Morgan fingerprint density at radius 2 is 2.26 bits per heavy atom. The Kier molecular flexibility index (Phi) is 3.52. The molecule has 0 fully saturated rings. The van der Waals surface area contributed by atoms with E-state index in [9.17, 15) is 5.11 Å². The third-order valence-corrected chi connectivity index (χ3v) is 5.11. The van der Waals surface area contributed by atoms with E-state index in [0.717, 1.165) is 29.2 Å². The average Bonchev–Trinajstić information content (AvgIpc) is 2.89. The lowest BCUT2D eigenvalue weighted by Gasteiger charge is -2.37. The van der Waals surface area contributed by atoms with Gasteiger partial charge in [-0.2, -0.15) is 0 Å². The smallest absolute Gasteiger partial charge is 0.0702 e. The fourth-order valence-corrected chi connectivity index (χ4v) is 4.09. The highest BCUT2D eigenvalue weighted by molar-refractivity contribution is 7.10. The minimum absolute atomic E-state index is 0.0234. The monoisotopic (exact) mass is 293 g/mol. The van der Waals surface area contributed by atoms with Crippen LogP contribution < -0.4 is 4.90 Å². The molecule has 1 N–H and O–H groups in total. The molecule has 1 unspecified atom stereocenters. The molecule has 1 aromatic heterocycles. The zero-order chi connectivity index (χ0) is 13.4. The maximum atomic E-state index is 9.53. The van der Waals surface area contributed by atoms with E-state index in [0.29, 0.717) is 6.04 Å². The van der Waals surface area contributed by atoms with Gasteiger partial charge in [-0.05, 0) is 36.4 Å². The van der Waals surface area contributed by atoms with Gasteiger partial charge in [-0.25, -0.2) is 0 Å². The van der Waals surface area contributed by atoms with E-state index in [2.05, 4.69) is 23.3 Å². The summed E-state index contributed by atoms with van der Waals surface area (Å²) in [4.78, 5) is 3.78. The van der Waals surface area contributed by atoms with Crippen molar-refractivity contribution >= 4 is 28.6 Å². The molecular formula is C15H16ClNOS. The predicted octanol–water partition coefficient (Wildman–Crippen LogP) is 4.02. The molecule has 1 aliphatic rings. The summed E-state index contributed by atoms with van der Waals surface area (Å²) in [5.74, 6) is 0. The molecular weight excluding hydrogens is 278 g/mol. The molecule has 19 heavy (non-hydrogen) atoms. The Labute approximate surface area is 122 Å². The van der Waals surface area contributed by atoms with Gasteiger partial charge in [-0.1, -0.05) is 23.7 Å². The number of nitrogens with zero attached hydrogens (tertiary/aromatic N) is 1. The lowest BCUT2D eigenvalue weighted by molar-refractivity contribution is 0.282. The average molecular weight is 294 g/mol. The molecule has 1 aromatic carbocycles. The van der Waals surface area contributed by atoms with Crippen molar-refractivity contribution in [3.8, 4) is 0 Å². The number of rotatable bonds is 2. The summed E-state index contributed by atoms with van der Waals surface area (Å²) in [5.41, 5.74) is 3.27. The molecule has 1 atom stereocenters. The van der Waals surface area contributed by atoms with Crippen LogP contribution in [-0.4, -0.2) is 11.7 Å². The molecule has 4 heteroatoms. The van der Waals surface area contributed by atoms with Gasteiger partial charge in [0, 0.05) is 17.0 Å². The molecule has 2 aromatic rings. The number of aliphatic hydroxyl groups is 1.